The number of carbonyl (C=O) groups excluding carboxylic acids is 3. The summed E-state index contributed by atoms with van der Waals surface area (Å²) >= 11 is 0. The van der Waals surface area contributed by atoms with Crippen LogP contribution in [0.25, 0.3) is 0 Å². The summed E-state index contributed by atoms with van der Waals surface area (Å²) in [4.78, 5) is 42.1. The van der Waals surface area contributed by atoms with Crippen molar-refractivity contribution in [3.63, 3.8) is 0 Å². The van der Waals surface area contributed by atoms with Crippen LogP contribution in [0.3, 0.4) is 0 Å². The smallest absolute Gasteiger partial charge is 0.354 e. The molecule has 2 aliphatic heterocycles. The van der Waals surface area contributed by atoms with E-state index in [1.165, 1.54) is 9.80 Å². The number of hydrogen-bond donors (Lipinski definition) is 0. The molecule has 2 aromatic carbocycles. The Hall–Kier alpha value is -3.66. The van der Waals surface area contributed by atoms with Gasteiger partial charge in [-0.25, -0.2) is 4.79 Å². The number of para-hydroxylation sites is 1. The largest absolute Gasteiger partial charge is 0.458 e. The van der Waals surface area contributed by atoms with E-state index < -0.39 is 11.6 Å². The quantitative estimate of drug-likeness (QED) is 0.750. The van der Waals surface area contributed by atoms with Crippen molar-refractivity contribution in [1.82, 2.24) is 4.90 Å². The number of nitriles is 1. The molecule has 1 atom stereocenters. The van der Waals surface area contributed by atoms with Crippen LogP contribution >= 0.6 is 0 Å². The molecule has 0 N–H and O–H groups in total. The molecule has 0 aliphatic carbocycles. The molecule has 0 saturated carbocycles. The number of anilines is 1. The van der Waals surface area contributed by atoms with Crippen molar-refractivity contribution < 1.29 is 19.1 Å². The van der Waals surface area contributed by atoms with Crippen LogP contribution in [0.1, 0.15) is 41.3 Å². The molecule has 1 saturated heterocycles. The van der Waals surface area contributed by atoms with Crippen molar-refractivity contribution in [1.29, 1.82) is 5.26 Å². The third-order valence-corrected chi connectivity index (χ3v) is 5.51. The maximum atomic E-state index is 13.4. The fourth-order valence-corrected chi connectivity index (χ4v) is 4.19. The molecule has 2 heterocycles. The van der Waals surface area contributed by atoms with E-state index in [2.05, 4.69) is 6.07 Å². The number of nitrogens with zero attached hydrogens (tertiary/aromatic N) is 3. The van der Waals surface area contributed by atoms with Crippen LogP contribution in [0.5, 0.6) is 0 Å². The number of ether oxygens (including phenoxy) is 1. The third-order valence-electron chi connectivity index (χ3n) is 5.51. The van der Waals surface area contributed by atoms with Crippen molar-refractivity contribution in [2.45, 2.75) is 32.0 Å². The lowest BCUT2D eigenvalue weighted by Crippen LogP contribution is -2.68. The summed E-state index contributed by atoms with van der Waals surface area (Å²) in [6.45, 7) is 1.91. The standard InChI is InChI=1S/C22H19N3O4/c1-2-24-20(27)17-9-5-6-10-18(17)25-19(26)11-12-22(24,25)21(28)29-14-16-8-4-3-7-15(16)13-23/h3-10H,2,11-12,14H2,1H3/t22-/m0/s1. The summed E-state index contributed by atoms with van der Waals surface area (Å²) in [5.41, 5.74) is 0.302. The minimum absolute atomic E-state index is 0.111. The van der Waals surface area contributed by atoms with Gasteiger partial charge in [-0.3, -0.25) is 14.5 Å². The summed E-state index contributed by atoms with van der Waals surface area (Å²) in [6.07, 6.45) is 0.306. The summed E-state index contributed by atoms with van der Waals surface area (Å²) in [6, 6.07) is 15.7. The van der Waals surface area contributed by atoms with E-state index in [-0.39, 0.29) is 37.8 Å². The predicted octanol–water partition coefficient (Wildman–Crippen LogP) is 2.60. The first-order chi connectivity index (χ1) is 14.0. The van der Waals surface area contributed by atoms with Gasteiger partial charge in [0.1, 0.15) is 6.61 Å². The van der Waals surface area contributed by atoms with Gasteiger partial charge in [-0.15, -0.1) is 0 Å². The van der Waals surface area contributed by atoms with Crippen LogP contribution in [0.4, 0.5) is 5.69 Å². The van der Waals surface area contributed by atoms with E-state index in [9.17, 15) is 19.6 Å². The predicted molar refractivity (Wildman–Crippen MR) is 104 cm³/mol. The van der Waals surface area contributed by atoms with Gasteiger partial charge in [-0.05, 0) is 25.1 Å². The molecule has 0 unspecified atom stereocenters. The second-order valence-electron chi connectivity index (χ2n) is 6.96. The molecule has 0 bridgehead atoms. The average molecular weight is 389 g/mol. The van der Waals surface area contributed by atoms with Crippen molar-refractivity contribution in [2.24, 2.45) is 0 Å². The zero-order chi connectivity index (χ0) is 20.6. The molecule has 2 aliphatic rings. The van der Waals surface area contributed by atoms with E-state index in [4.69, 9.17) is 4.74 Å². The van der Waals surface area contributed by atoms with Gasteiger partial charge in [0.25, 0.3) is 5.91 Å². The van der Waals surface area contributed by atoms with Crippen molar-refractivity contribution in [3.8, 4) is 6.07 Å². The molecular formula is C22H19N3O4. The van der Waals surface area contributed by atoms with Gasteiger partial charge >= 0.3 is 5.97 Å². The molecule has 146 valence electrons. The first-order valence-electron chi connectivity index (χ1n) is 9.44. The lowest BCUT2D eigenvalue weighted by Gasteiger charge is -2.48. The first-order valence-corrected chi connectivity index (χ1v) is 9.44. The molecule has 4 rings (SSSR count). The van der Waals surface area contributed by atoms with Crippen molar-refractivity contribution >= 4 is 23.5 Å². The molecule has 2 amide bonds. The first kappa shape index (κ1) is 18.7. The molecule has 0 radical (unpaired) electrons. The number of amides is 2. The lowest BCUT2D eigenvalue weighted by molar-refractivity contribution is -0.158. The average Bonchev–Trinajstić information content (AvgIpc) is 3.11. The lowest BCUT2D eigenvalue weighted by atomic mass is 9.96. The molecule has 7 nitrogen and oxygen atoms in total. The van der Waals surface area contributed by atoms with Gasteiger partial charge in [-0.1, -0.05) is 30.3 Å². The van der Waals surface area contributed by atoms with Crippen LogP contribution in [0.2, 0.25) is 0 Å². The summed E-state index contributed by atoms with van der Waals surface area (Å²) in [5, 5.41) is 9.24. The Bertz CT molecular complexity index is 1060. The van der Waals surface area contributed by atoms with Crippen LogP contribution < -0.4 is 4.90 Å². The number of carbonyl (C=O) groups is 3. The Morgan fingerprint density at radius 3 is 2.66 bits per heavy atom. The highest BCUT2D eigenvalue weighted by Gasteiger charge is 2.61. The highest BCUT2D eigenvalue weighted by Crippen LogP contribution is 2.45. The number of fused-ring (bicyclic) bond motifs is 3. The Balaban J connectivity index is 1.74. The number of rotatable bonds is 4. The molecule has 1 fully saturated rings. The monoisotopic (exact) mass is 389 g/mol. The summed E-state index contributed by atoms with van der Waals surface area (Å²) < 4.78 is 5.58. The van der Waals surface area contributed by atoms with E-state index in [1.54, 1.807) is 55.5 Å². The fraction of sp³-hybridized carbons (Fsp3) is 0.273. The topological polar surface area (TPSA) is 90.7 Å². The third kappa shape index (κ3) is 2.68. The number of hydrogen-bond acceptors (Lipinski definition) is 5. The van der Waals surface area contributed by atoms with E-state index in [0.29, 0.717) is 22.4 Å². The molecule has 29 heavy (non-hydrogen) atoms. The van der Waals surface area contributed by atoms with Gasteiger partial charge < -0.3 is 9.64 Å². The van der Waals surface area contributed by atoms with Crippen molar-refractivity contribution in [2.75, 3.05) is 11.4 Å². The number of esters is 1. The van der Waals surface area contributed by atoms with Crippen LogP contribution in [-0.4, -0.2) is 34.9 Å². The SMILES string of the molecule is CCN1C(=O)c2ccccc2N2C(=O)CC[C@]12C(=O)OCc1ccccc1C#N. The van der Waals surface area contributed by atoms with Gasteiger partial charge in [0.15, 0.2) is 0 Å². The van der Waals surface area contributed by atoms with Crippen LogP contribution in [0.15, 0.2) is 48.5 Å². The molecule has 0 spiro atoms. The number of likely N-dealkylation sites (N-methyl/N-ethyl adjacent to an activating group) is 1. The maximum absolute atomic E-state index is 13.4. The zero-order valence-corrected chi connectivity index (χ0v) is 15.9. The summed E-state index contributed by atoms with van der Waals surface area (Å²) in [7, 11) is 0. The van der Waals surface area contributed by atoms with Gasteiger partial charge in [0, 0.05) is 24.9 Å². The Kier molecular flexibility index (Phi) is 4.55. The Labute approximate surface area is 168 Å². The van der Waals surface area contributed by atoms with E-state index in [1.807, 2.05) is 0 Å². The molecular weight excluding hydrogens is 370 g/mol. The second-order valence-corrected chi connectivity index (χ2v) is 6.96. The second kappa shape index (κ2) is 7.06. The fourth-order valence-electron chi connectivity index (χ4n) is 4.19. The minimum atomic E-state index is -1.50. The van der Waals surface area contributed by atoms with Crippen LogP contribution in [0, 0.1) is 11.3 Å². The molecule has 7 heteroatoms. The molecule has 0 aromatic heterocycles. The maximum Gasteiger partial charge on any atom is 0.354 e. The van der Waals surface area contributed by atoms with Gasteiger partial charge in [0.05, 0.1) is 22.9 Å². The highest BCUT2D eigenvalue weighted by molar-refractivity contribution is 6.15. The van der Waals surface area contributed by atoms with Gasteiger partial charge in [0.2, 0.25) is 11.6 Å². The normalized spacial score (nSPS) is 20.1. The van der Waals surface area contributed by atoms with E-state index >= 15 is 0 Å². The van der Waals surface area contributed by atoms with Gasteiger partial charge in [-0.2, -0.15) is 5.26 Å². The highest BCUT2D eigenvalue weighted by atomic mass is 16.5. The minimum Gasteiger partial charge on any atom is -0.458 e. The Morgan fingerprint density at radius 1 is 1.17 bits per heavy atom. The Morgan fingerprint density at radius 2 is 1.90 bits per heavy atom. The number of benzene rings is 2. The zero-order valence-electron chi connectivity index (χ0n) is 15.9. The molecule has 2 aromatic rings. The summed E-state index contributed by atoms with van der Waals surface area (Å²) in [5.74, 6) is -1.19. The van der Waals surface area contributed by atoms with Crippen LogP contribution in [-0.2, 0) is 20.9 Å². The van der Waals surface area contributed by atoms with Crippen molar-refractivity contribution in [3.05, 3.63) is 65.2 Å². The van der Waals surface area contributed by atoms with E-state index in [0.717, 1.165) is 0 Å².